The Kier molecular flexibility index (Phi) is 5.76. The first-order chi connectivity index (χ1) is 14.1. The van der Waals surface area contributed by atoms with E-state index in [2.05, 4.69) is 58.8 Å². The molecule has 1 fully saturated rings. The summed E-state index contributed by atoms with van der Waals surface area (Å²) in [5, 5.41) is 0. The quantitative estimate of drug-likeness (QED) is 0.669. The van der Waals surface area contributed by atoms with E-state index in [1.54, 1.807) is 12.4 Å². The molecule has 0 radical (unpaired) electrons. The number of hydrogen-bond donors (Lipinski definition) is 0. The minimum absolute atomic E-state index is 0.119. The van der Waals surface area contributed by atoms with Gasteiger partial charge in [-0.3, -0.25) is 9.78 Å². The van der Waals surface area contributed by atoms with Crippen LogP contribution in [0.1, 0.15) is 28.5 Å². The molecule has 0 N–H and O–H groups in total. The fourth-order valence-electron chi connectivity index (χ4n) is 3.84. The average Bonchev–Trinajstić information content (AvgIpc) is 3.19. The second kappa shape index (κ2) is 8.62. The lowest BCUT2D eigenvalue weighted by molar-refractivity contribution is 0.0633. The molecule has 3 heterocycles. The lowest BCUT2D eigenvalue weighted by atomic mass is 10.1. The van der Waals surface area contributed by atoms with Gasteiger partial charge in [0.25, 0.3) is 5.91 Å². The van der Waals surface area contributed by atoms with Crippen LogP contribution in [0.5, 0.6) is 0 Å². The van der Waals surface area contributed by atoms with E-state index < -0.39 is 0 Å². The van der Waals surface area contributed by atoms with Crippen molar-refractivity contribution in [2.75, 3.05) is 32.7 Å². The molecule has 0 saturated carbocycles. The first-order valence-electron chi connectivity index (χ1n) is 10.3. The lowest BCUT2D eigenvalue weighted by Crippen LogP contribution is -2.48. The molecule has 2 aromatic heterocycles. The fourth-order valence-corrected chi connectivity index (χ4v) is 3.84. The number of benzene rings is 1. The molecule has 0 spiro atoms. The molecule has 1 amide bonds. The molecule has 5 heteroatoms. The van der Waals surface area contributed by atoms with Crippen LogP contribution in [0.25, 0.3) is 11.1 Å². The van der Waals surface area contributed by atoms with Gasteiger partial charge < -0.3 is 14.4 Å². The highest BCUT2D eigenvalue weighted by Crippen LogP contribution is 2.24. The third kappa shape index (κ3) is 4.40. The van der Waals surface area contributed by atoms with Crippen molar-refractivity contribution in [1.29, 1.82) is 0 Å². The summed E-state index contributed by atoms with van der Waals surface area (Å²) < 4.78 is 2.09. The topological polar surface area (TPSA) is 41.4 Å². The number of pyridine rings is 1. The minimum Gasteiger partial charge on any atom is -0.338 e. The number of hydrogen-bond acceptors (Lipinski definition) is 3. The first-order valence-corrected chi connectivity index (χ1v) is 10.3. The monoisotopic (exact) mass is 388 g/mol. The number of amides is 1. The fraction of sp³-hybridized carbons (Fsp3) is 0.333. The summed E-state index contributed by atoms with van der Waals surface area (Å²) in [7, 11) is 0. The molecular formula is C24H28N4O. The number of likely N-dealkylation sites (N-methyl/N-ethyl adjacent to an activating group) is 1. The van der Waals surface area contributed by atoms with Gasteiger partial charge in [0, 0.05) is 56.9 Å². The van der Waals surface area contributed by atoms with Crippen molar-refractivity contribution in [3.63, 3.8) is 0 Å². The molecule has 1 aliphatic rings. The van der Waals surface area contributed by atoms with Gasteiger partial charge in [0.1, 0.15) is 5.69 Å². The van der Waals surface area contributed by atoms with Crippen molar-refractivity contribution in [2.24, 2.45) is 0 Å². The summed E-state index contributed by atoms with van der Waals surface area (Å²) in [5.74, 6) is 0.119. The molecule has 5 nitrogen and oxygen atoms in total. The molecule has 1 saturated heterocycles. The molecule has 3 aromatic rings. The van der Waals surface area contributed by atoms with Gasteiger partial charge in [-0.2, -0.15) is 0 Å². The summed E-state index contributed by atoms with van der Waals surface area (Å²) >= 11 is 0. The molecule has 0 aliphatic carbocycles. The normalized spacial score (nSPS) is 14.9. The van der Waals surface area contributed by atoms with E-state index in [-0.39, 0.29) is 5.91 Å². The van der Waals surface area contributed by atoms with Crippen LogP contribution in [0.2, 0.25) is 0 Å². The second-order valence-electron chi connectivity index (χ2n) is 7.69. The zero-order valence-corrected chi connectivity index (χ0v) is 17.2. The molecular weight excluding hydrogens is 360 g/mol. The third-order valence-electron chi connectivity index (χ3n) is 5.71. The van der Waals surface area contributed by atoms with Gasteiger partial charge in [-0.1, -0.05) is 36.8 Å². The summed E-state index contributed by atoms with van der Waals surface area (Å²) in [6, 6.07) is 14.5. The predicted octanol–water partition coefficient (Wildman–Crippen LogP) is 3.68. The van der Waals surface area contributed by atoms with Gasteiger partial charge in [0.05, 0.1) is 0 Å². The Hall–Kier alpha value is -2.92. The largest absolute Gasteiger partial charge is 0.338 e. The van der Waals surface area contributed by atoms with Crippen LogP contribution < -0.4 is 0 Å². The number of carbonyl (C=O) groups excluding carboxylic acids is 1. The maximum absolute atomic E-state index is 13.4. The van der Waals surface area contributed by atoms with E-state index in [9.17, 15) is 4.79 Å². The van der Waals surface area contributed by atoms with Crippen LogP contribution in [0.15, 0.2) is 61.1 Å². The highest BCUT2D eigenvalue weighted by Gasteiger charge is 2.24. The van der Waals surface area contributed by atoms with Crippen LogP contribution in [0, 0.1) is 6.92 Å². The Bertz CT molecular complexity index is 954. The minimum atomic E-state index is 0.119. The van der Waals surface area contributed by atoms with E-state index in [0.29, 0.717) is 6.54 Å². The highest BCUT2D eigenvalue weighted by atomic mass is 16.2. The number of nitrogens with zero attached hydrogens (tertiary/aromatic N) is 4. The number of aryl methyl sites for hydroxylation is 1. The van der Waals surface area contributed by atoms with Crippen molar-refractivity contribution in [2.45, 2.75) is 20.4 Å². The zero-order chi connectivity index (χ0) is 20.2. The summed E-state index contributed by atoms with van der Waals surface area (Å²) in [6.45, 7) is 9.44. The first kappa shape index (κ1) is 19.4. The van der Waals surface area contributed by atoms with E-state index in [1.807, 2.05) is 23.1 Å². The number of piperazine rings is 1. The van der Waals surface area contributed by atoms with Crippen molar-refractivity contribution >= 4 is 5.91 Å². The van der Waals surface area contributed by atoms with Gasteiger partial charge in [0.15, 0.2) is 0 Å². The molecule has 29 heavy (non-hydrogen) atoms. The van der Waals surface area contributed by atoms with E-state index >= 15 is 0 Å². The van der Waals surface area contributed by atoms with Gasteiger partial charge in [-0.25, -0.2) is 0 Å². The molecule has 0 atom stereocenters. The van der Waals surface area contributed by atoms with Gasteiger partial charge >= 0.3 is 0 Å². The molecule has 4 rings (SSSR count). The molecule has 0 bridgehead atoms. The molecule has 1 aromatic carbocycles. The molecule has 0 unspecified atom stereocenters. The van der Waals surface area contributed by atoms with E-state index in [0.717, 1.165) is 49.5 Å². The van der Waals surface area contributed by atoms with Crippen LogP contribution in [0.4, 0.5) is 0 Å². The lowest BCUT2D eigenvalue weighted by Gasteiger charge is -2.34. The second-order valence-corrected chi connectivity index (χ2v) is 7.69. The van der Waals surface area contributed by atoms with Crippen molar-refractivity contribution in [1.82, 2.24) is 19.4 Å². The van der Waals surface area contributed by atoms with Crippen molar-refractivity contribution in [3.05, 3.63) is 77.9 Å². The number of rotatable bonds is 5. The Morgan fingerprint density at radius 2 is 1.66 bits per heavy atom. The van der Waals surface area contributed by atoms with Crippen LogP contribution in [-0.2, 0) is 6.54 Å². The average molecular weight is 389 g/mol. The Balaban J connectivity index is 1.64. The van der Waals surface area contributed by atoms with E-state index in [1.165, 1.54) is 11.1 Å². The maximum Gasteiger partial charge on any atom is 0.270 e. The maximum atomic E-state index is 13.4. The number of aromatic nitrogens is 2. The number of carbonyl (C=O) groups is 1. The van der Waals surface area contributed by atoms with Gasteiger partial charge in [-0.15, -0.1) is 0 Å². The predicted molar refractivity (Wildman–Crippen MR) is 116 cm³/mol. The molecule has 1 aliphatic heterocycles. The SMILES string of the molecule is CCN1CCN(C(=O)c2cc(-c3ccncc3)cn2Cc2ccc(C)cc2)CC1. The van der Waals surface area contributed by atoms with E-state index in [4.69, 9.17) is 0 Å². The Labute approximate surface area is 172 Å². The van der Waals surface area contributed by atoms with Crippen molar-refractivity contribution in [3.8, 4) is 11.1 Å². The van der Waals surface area contributed by atoms with Crippen LogP contribution >= 0.6 is 0 Å². The van der Waals surface area contributed by atoms with Crippen molar-refractivity contribution < 1.29 is 4.79 Å². The van der Waals surface area contributed by atoms with Gasteiger partial charge in [0.2, 0.25) is 0 Å². The summed E-state index contributed by atoms with van der Waals surface area (Å²) in [5.41, 5.74) is 5.31. The van der Waals surface area contributed by atoms with Crippen LogP contribution in [0.3, 0.4) is 0 Å². The third-order valence-corrected chi connectivity index (χ3v) is 5.71. The molecule has 150 valence electrons. The van der Waals surface area contributed by atoms with Crippen LogP contribution in [-0.4, -0.2) is 58.0 Å². The highest BCUT2D eigenvalue weighted by molar-refractivity contribution is 5.94. The summed E-state index contributed by atoms with van der Waals surface area (Å²) in [6.07, 6.45) is 5.67. The smallest absolute Gasteiger partial charge is 0.270 e. The standard InChI is InChI=1S/C24H28N4O/c1-3-26-12-14-27(15-13-26)24(29)23-16-22(21-8-10-25-11-9-21)18-28(23)17-20-6-4-19(2)5-7-20/h4-11,16,18H,3,12-15,17H2,1-2H3. The van der Waals surface area contributed by atoms with Gasteiger partial charge in [-0.05, 0) is 42.8 Å². The summed E-state index contributed by atoms with van der Waals surface area (Å²) in [4.78, 5) is 21.9. The zero-order valence-electron chi connectivity index (χ0n) is 17.2. The Morgan fingerprint density at radius 3 is 2.31 bits per heavy atom. The Morgan fingerprint density at radius 1 is 0.966 bits per heavy atom.